The molecule has 1 aromatic heterocycles. The minimum absolute atomic E-state index is 0.126. The summed E-state index contributed by atoms with van der Waals surface area (Å²) in [5.41, 5.74) is 2.37. The van der Waals surface area contributed by atoms with Crippen LogP contribution in [0.15, 0.2) is 36.7 Å². The second-order valence-electron chi connectivity index (χ2n) is 5.59. The van der Waals surface area contributed by atoms with Crippen LogP contribution in [-0.4, -0.2) is 28.5 Å². The number of aromatic nitrogens is 2. The average Bonchev–Trinajstić information content (AvgIpc) is 3.33. The van der Waals surface area contributed by atoms with E-state index < -0.39 is 0 Å². The van der Waals surface area contributed by atoms with Crippen LogP contribution in [-0.2, 0) is 0 Å². The van der Waals surface area contributed by atoms with E-state index in [1.54, 1.807) is 17.3 Å². The molecule has 0 saturated heterocycles. The molecule has 5 heteroatoms. The van der Waals surface area contributed by atoms with Crippen molar-refractivity contribution >= 4 is 17.4 Å². The van der Waals surface area contributed by atoms with Gasteiger partial charge in [0.05, 0.1) is 12.4 Å². The Bertz CT molecular complexity index is 665. The molecule has 0 spiro atoms. The summed E-state index contributed by atoms with van der Waals surface area (Å²) in [5, 5.41) is 3.27. The summed E-state index contributed by atoms with van der Waals surface area (Å²) in [4.78, 5) is 22.9. The fourth-order valence-corrected chi connectivity index (χ4v) is 2.33. The number of hydrogen-bond donors (Lipinski definition) is 1. The van der Waals surface area contributed by atoms with Crippen LogP contribution in [0, 0.1) is 6.92 Å². The SMILES string of the molecule is CCN(C(=O)c1cnc(NC2CC2)cn1)c1cccc(C)c1. The van der Waals surface area contributed by atoms with Gasteiger partial charge >= 0.3 is 0 Å². The highest BCUT2D eigenvalue weighted by Crippen LogP contribution is 2.23. The maximum absolute atomic E-state index is 12.6. The highest BCUT2D eigenvalue weighted by Gasteiger charge is 2.22. The molecule has 22 heavy (non-hydrogen) atoms. The number of nitrogens with zero attached hydrogens (tertiary/aromatic N) is 3. The van der Waals surface area contributed by atoms with E-state index in [1.807, 2.05) is 38.1 Å². The number of anilines is 2. The highest BCUT2D eigenvalue weighted by molar-refractivity contribution is 6.04. The quantitative estimate of drug-likeness (QED) is 0.921. The molecule has 1 N–H and O–H groups in total. The van der Waals surface area contributed by atoms with E-state index in [4.69, 9.17) is 0 Å². The average molecular weight is 296 g/mol. The van der Waals surface area contributed by atoms with Gasteiger partial charge in [0.15, 0.2) is 0 Å². The van der Waals surface area contributed by atoms with Gasteiger partial charge in [-0.25, -0.2) is 9.97 Å². The lowest BCUT2D eigenvalue weighted by Gasteiger charge is -2.21. The Morgan fingerprint density at radius 1 is 1.32 bits per heavy atom. The van der Waals surface area contributed by atoms with E-state index in [9.17, 15) is 4.79 Å². The Balaban J connectivity index is 1.78. The predicted molar refractivity (Wildman–Crippen MR) is 87.2 cm³/mol. The molecule has 5 nitrogen and oxygen atoms in total. The van der Waals surface area contributed by atoms with Gasteiger partial charge in [-0.15, -0.1) is 0 Å². The highest BCUT2D eigenvalue weighted by atomic mass is 16.2. The fraction of sp³-hybridized carbons (Fsp3) is 0.353. The van der Waals surface area contributed by atoms with Gasteiger partial charge in [0.1, 0.15) is 11.5 Å². The zero-order valence-corrected chi connectivity index (χ0v) is 12.9. The molecule has 114 valence electrons. The van der Waals surface area contributed by atoms with Gasteiger partial charge in [0.25, 0.3) is 5.91 Å². The molecule has 1 heterocycles. The van der Waals surface area contributed by atoms with Crippen molar-refractivity contribution in [2.24, 2.45) is 0 Å². The van der Waals surface area contributed by atoms with Crippen molar-refractivity contribution in [1.29, 1.82) is 0 Å². The molecular weight excluding hydrogens is 276 g/mol. The first kappa shape index (κ1) is 14.5. The van der Waals surface area contributed by atoms with Crippen molar-refractivity contribution in [3.05, 3.63) is 47.9 Å². The number of hydrogen-bond acceptors (Lipinski definition) is 4. The number of carbonyl (C=O) groups excluding carboxylic acids is 1. The minimum Gasteiger partial charge on any atom is -0.366 e. The first-order valence-corrected chi connectivity index (χ1v) is 7.64. The van der Waals surface area contributed by atoms with Crippen molar-refractivity contribution in [3.8, 4) is 0 Å². The molecule has 0 aliphatic heterocycles. The molecule has 0 unspecified atom stereocenters. The summed E-state index contributed by atoms with van der Waals surface area (Å²) in [5.74, 6) is 0.608. The standard InChI is InChI=1S/C17H20N4O/c1-3-21(14-6-4-5-12(2)9-14)17(22)15-10-19-16(11-18-15)20-13-7-8-13/h4-6,9-11,13H,3,7-8H2,1-2H3,(H,19,20). The Morgan fingerprint density at radius 2 is 2.14 bits per heavy atom. The zero-order chi connectivity index (χ0) is 15.5. The van der Waals surface area contributed by atoms with Crippen LogP contribution in [0.3, 0.4) is 0 Å². The number of rotatable bonds is 5. The number of aryl methyl sites for hydroxylation is 1. The number of benzene rings is 1. The Labute approximate surface area is 130 Å². The lowest BCUT2D eigenvalue weighted by atomic mass is 10.2. The van der Waals surface area contributed by atoms with Crippen LogP contribution >= 0.6 is 0 Å². The van der Waals surface area contributed by atoms with Crippen LogP contribution in [0.25, 0.3) is 0 Å². The summed E-state index contributed by atoms with van der Waals surface area (Å²) in [6.07, 6.45) is 5.54. The summed E-state index contributed by atoms with van der Waals surface area (Å²) < 4.78 is 0. The third kappa shape index (κ3) is 3.24. The molecule has 1 aliphatic rings. The maximum atomic E-state index is 12.6. The van der Waals surface area contributed by atoms with Gasteiger partial charge < -0.3 is 10.2 Å². The van der Waals surface area contributed by atoms with Crippen LogP contribution in [0.1, 0.15) is 35.8 Å². The third-order valence-corrected chi connectivity index (χ3v) is 3.68. The molecule has 1 aliphatic carbocycles. The van der Waals surface area contributed by atoms with E-state index in [1.165, 1.54) is 12.8 Å². The Hall–Kier alpha value is -2.43. The number of carbonyl (C=O) groups is 1. The van der Waals surface area contributed by atoms with Crippen LogP contribution < -0.4 is 10.2 Å². The van der Waals surface area contributed by atoms with E-state index in [0.29, 0.717) is 18.3 Å². The molecule has 1 fully saturated rings. The maximum Gasteiger partial charge on any atom is 0.278 e. The summed E-state index contributed by atoms with van der Waals surface area (Å²) >= 11 is 0. The normalized spacial score (nSPS) is 13.7. The number of nitrogens with one attached hydrogen (secondary N) is 1. The second kappa shape index (κ2) is 6.13. The first-order chi connectivity index (χ1) is 10.7. The summed E-state index contributed by atoms with van der Waals surface area (Å²) in [7, 11) is 0. The van der Waals surface area contributed by atoms with Gasteiger partial charge in [-0.3, -0.25) is 4.79 Å². The van der Waals surface area contributed by atoms with E-state index in [2.05, 4.69) is 15.3 Å². The minimum atomic E-state index is -0.126. The monoisotopic (exact) mass is 296 g/mol. The van der Waals surface area contributed by atoms with Gasteiger partial charge in [-0.1, -0.05) is 12.1 Å². The van der Waals surface area contributed by atoms with Gasteiger partial charge in [-0.05, 0) is 44.4 Å². The lowest BCUT2D eigenvalue weighted by Crippen LogP contribution is -2.31. The lowest BCUT2D eigenvalue weighted by molar-refractivity contribution is 0.0983. The number of amides is 1. The third-order valence-electron chi connectivity index (χ3n) is 3.68. The topological polar surface area (TPSA) is 58.1 Å². The molecule has 0 radical (unpaired) electrons. The van der Waals surface area contributed by atoms with Crippen LogP contribution in [0.5, 0.6) is 0 Å². The van der Waals surface area contributed by atoms with E-state index in [0.717, 1.165) is 17.1 Å². The van der Waals surface area contributed by atoms with Crippen LogP contribution in [0.4, 0.5) is 11.5 Å². The smallest absolute Gasteiger partial charge is 0.278 e. The second-order valence-corrected chi connectivity index (χ2v) is 5.59. The van der Waals surface area contributed by atoms with Gasteiger partial charge in [0, 0.05) is 18.3 Å². The van der Waals surface area contributed by atoms with Crippen molar-refractivity contribution in [1.82, 2.24) is 9.97 Å². The molecule has 1 amide bonds. The van der Waals surface area contributed by atoms with Crippen molar-refractivity contribution in [3.63, 3.8) is 0 Å². The molecule has 0 atom stereocenters. The van der Waals surface area contributed by atoms with E-state index >= 15 is 0 Å². The molecule has 1 saturated carbocycles. The molecular formula is C17H20N4O. The predicted octanol–water partition coefficient (Wildman–Crippen LogP) is 3.03. The van der Waals surface area contributed by atoms with Crippen LogP contribution in [0.2, 0.25) is 0 Å². The van der Waals surface area contributed by atoms with Crippen molar-refractivity contribution in [2.75, 3.05) is 16.8 Å². The zero-order valence-electron chi connectivity index (χ0n) is 12.9. The largest absolute Gasteiger partial charge is 0.366 e. The van der Waals surface area contributed by atoms with Crippen molar-refractivity contribution in [2.45, 2.75) is 32.7 Å². The van der Waals surface area contributed by atoms with Gasteiger partial charge in [0.2, 0.25) is 0 Å². The molecule has 1 aromatic carbocycles. The van der Waals surface area contributed by atoms with E-state index in [-0.39, 0.29) is 5.91 Å². The summed E-state index contributed by atoms with van der Waals surface area (Å²) in [6.45, 7) is 4.56. The molecule has 0 bridgehead atoms. The molecule has 3 rings (SSSR count). The first-order valence-electron chi connectivity index (χ1n) is 7.64. The summed E-state index contributed by atoms with van der Waals surface area (Å²) in [6, 6.07) is 8.42. The Kier molecular flexibility index (Phi) is 4.04. The Morgan fingerprint density at radius 3 is 2.73 bits per heavy atom. The molecule has 2 aromatic rings. The fourth-order valence-electron chi connectivity index (χ4n) is 2.33. The van der Waals surface area contributed by atoms with Gasteiger partial charge in [-0.2, -0.15) is 0 Å². The van der Waals surface area contributed by atoms with Crippen molar-refractivity contribution < 1.29 is 4.79 Å².